The lowest BCUT2D eigenvalue weighted by atomic mass is 9.90. The molecule has 4 nitrogen and oxygen atoms in total. The summed E-state index contributed by atoms with van der Waals surface area (Å²) in [6, 6.07) is 4.10. The van der Waals surface area contributed by atoms with E-state index in [0.29, 0.717) is 11.4 Å². The number of carbonyl (C=O) groups excluding carboxylic acids is 1. The van der Waals surface area contributed by atoms with Crippen LogP contribution in [0.15, 0.2) is 24.4 Å². The molecule has 1 aromatic heterocycles. The summed E-state index contributed by atoms with van der Waals surface area (Å²) in [6.07, 6.45) is 4.68. The van der Waals surface area contributed by atoms with Crippen LogP contribution in [0.4, 0.5) is 10.1 Å². The Morgan fingerprint density at radius 2 is 2.27 bits per heavy atom. The number of anilines is 1. The largest absolute Gasteiger partial charge is 0.346 e. The summed E-state index contributed by atoms with van der Waals surface area (Å²) in [6.45, 7) is 0. The molecular weight excluding hydrogens is 305 g/mol. The van der Waals surface area contributed by atoms with Crippen LogP contribution in [-0.4, -0.2) is 10.5 Å². The van der Waals surface area contributed by atoms with Crippen LogP contribution >= 0.6 is 11.6 Å². The molecule has 1 aromatic carbocycles. The van der Waals surface area contributed by atoms with E-state index in [4.69, 9.17) is 17.3 Å². The van der Waals surface area contributed by atoms with Crippen molar-refractivity contribution in [2.24, 2.45) is 12.8 Å². The molecule has 1 amide bonds. The molecule has 0 saturated carbocycles. The lowest BCUT2D eigenvalue weighted by Crippen LogP contribution is -2.20. The summed E-state index contributed by atoms with van der Waals surface area (Å²) in [5.41, 5.74) is 9.22. The number of benzene rings is 1. The first kappa shape index (κ1) is 15.1. The Bertz CT molecular complexity index is 741. The van der Waals surface area contributed by atoms with Crippen LogP contribution in [0.1, 0.15) is 40.5 Å². The fourth-order valence-corrected chi connectivity index (χ4v) is 3.18. The molecular formula is C16H17ClFN3O. The Kier molecular flexibility index (Phi) is 3.93. The number of nitrogens with two attached hydrogens (primary N) is 1. The second-order valence-corrected chi connectivity index (χ2v) is 6.01. The molecule has 3 rings (SSSR count). The number of carbonyl (C=O) groups is 1. The van der Waals surface area contributed by atoms with Gasteiger partial charge < -0.3 is 15.6 Å². The highest BCUT2D eigenvalue weighted by atomic mass is 35.5. The minimum atomic E-state index is -0.512. The van der Waals surface area contributed by atoms with Crippen molar-refractivity contribution < 1.29 is 9.18 Å². The molecule has 1 heterocycles. The van der Waals surface area contributed by atoms with E-state index in [1.54, 1.807) is 4.57 Å². The highest BCUT2D eigenvalue weighted by Crippen LogP contribution is 2.32. The van der Waals surface area contributed by atoms with Crippen molar-refractivity contribution in [3.05, 3.63) is 52.1 Å². The van der Waals surface area contributed by atoms with E-state index >= 15 is 0 Å². The Labute approximate surface area is 133 Å². The SMILES string of the molecule is Cn1cc2c(c1C(=O)Nc1ccc(F)c(Cl)c1)CCCC2N. The quantitative estimate of drug-likeness (QED) is 0.890. The number of aryl methyl sites for hydroxylation is 1. The fraction of sp³-hybridized carbons (Fsp3) is 0.312. The van der Waals surface area contributed by atoms with Gasteiger partial charge in [-0.25, -0.2) is 4.39 Å². The molecule has 6 heteroatoms. The van der Waals surface area contributed by atoms with Crippen molar-refractivity contribution >= 4 is 23.2 Å². The van der Waals surface area contributed by atoms with Gasteiger partial charge in [-0.3, -0.25) is 4.79 Å². The monoisotopic (exact) mass is 321 g/mol. The number of rotatable bonds is 2. The van der Waals surface area contributed by atoms with Gasteiger partial charge in [0.05, 0.1) is 5.02 Å². The summed E-state index contributed by atoms with van der Waals surface area (Å²) >= 11 is 5.74. The average Bonchev–Trinajstić information content (AvgIpc) is 2.81. The first-order valence-corrected chi connectivity index (χ1v) is 7.55. The van der Waals surface area contributed by atoms with Gasteiger partial charge in [-0.1, -0.05) is 11.6 Å². The Balaban J connectivity index is 1.91. The van der Waals surface area contributed by atoms with E-state index in [-0.39, 0.29) is 17.0 Å². The van der Waals surface area contributed by atoms with Crippen molar-refractivity contribution in [2.45, 2.75) is 25.3 Å². The van der Waals surface area contributed by atoms with Crippen molar-refractivity contribution in [3.63, 3.8) is 0 Å². The summed E-state index contributed by atoms with van der Waals surface area (Å²) in [5.74, 6) is -0.748. The maximum atomic E-state index is 13.2. The molecule has 116 valence electrons. The molecule has 1 aliphatic carbocycles. The van der Waals surface area contributed by atoms with E-state index < -0.39 is 5.82 Å². The van der Waals surface area contributed by atoms with Crippen LogP contribution < -0.4 is 11.1 Å². The van der Waals surface area contributed by atoms with Gasteiger partial charge in [0.1, 0.15) is 11.5 Å². The number of amides is 1. The lowest BCUT2D eigenvalue weighted by molar-refractivity contribution is 0.101. The molecule has 0 fully saturated rings. The van der Waals surface area contributed by atoms with Gasteiger partial charge in [0.25, 0.3) is 5.91 Å². The van der Waals surface area contributed by atoms with E-state index in [2.05, 4.69) is 5.32 Å². The number of halogens is 2. The summed E-state index contributed by atoms with van der Waals surface area (Å²) in [4.78, 5) is 12.6. The molecule has 1 unspecified atom stereocenters. The van der Waals surface area contributed by atoms with Crippen LogP contribution in [-0.2, 0) is 13.5 Å². The minimum absolute atomic E-state index is 0.0169. The van der Waals surface area contributed by atoms with Crippen molar-refractivity contribution in [1.82, 2.24) is 4.57 Å². The molecule has 0 bridgehead atoms. The standard InChI is InChI=1S/C16H17ClFN3O/c1-21-8-11-10(3-2-4-14(11)19)15(21)16(22)20-9-5-6-13(18)12(17)7-9/h5-8,14H,2-4,19H2,1H3,(H,20,22). The van der Waals surface area contributed by atoms with Gasteiger partial charge >= 0.3 is 0 Å². The summed E-state index contributed by atoms with van der Waals surface area (Å²) in [5, 5.41) is 2.75. The zero-order valence-corrected chi connectivity index (χ0v) is 13.0. The van der Waals surface area contributed by atoms with E-state index in [1.165, 1.54) is 18.2 Å². The molecule has 0 spiro atoms. The first-order valence-electron chi connectivity index (χ1n) is 7.17. The predicted molar refractivity (Wildman–Crippen MR) is 84.6 cm³/mol. The Hall–Kier alpha value is -1.85. The molecule has 3 N–H and O–H groups in total. The maximum absolute atomic E-state index is 13.2. The van der Waals surface area contributed by atoms with Crippen molar-refractivity contribution in [1.29, 1.82) is 0 Å². The van der Waals surface area contributed by atoms with Gasteiger partial charge in [0.15, 0.2) is 0 Å². The normalized spacial score (nSPS) is 17.2. The van der Waals surface area contributed by atoms with Gasteiger partial charge in [-0.2, -0.15) is 0 Å². The molecule has 1 aliphatic rings. The second-order valence-electron chi connectivity index (χ2n) is 5.60. The highest BCUT2D eigenvalue weighted by molar-refractivity contribution is 6.31. The van der Waals surface area contributed by atoms with Crippen molar-refractivity contribution in [3.8, 4) is 0 Å². The zero-order chi connectivity index (χ0) is 15.9. The molecule has 0 saturated heterocycles. The van der Waals surface area contributed by atoms with Gasteiger partial charge in [-0.05, 0) is 48.6 Å². The van der Waals surface area contributed by atoms with Crippen LogP contribution in [0.25, 0.3) is 0 Å². The van der Waals surface area contributed by atoms with Crippen LogP contribution in [0.2, 0.25) is 5.02 Å². The predicted octanol–water partition coefficient (Wildman–Crippen LogP) is 3.41. The smallest absolute Gasteiger partial charge is 0.272 e. The third kappa shape index (κ3) is 2.62. The van der Waals surface area contributed by atoms with E-state index in [9.17, 15) is 9.18 Å². The number of hydrogen-bond acceptors (Lipinski definition) is 2. The second kappa shape index (κ2) is 5.74. The van der Waals surface area contributed by atoms with Gasteiger partial charge in [0, 0.05) is 25.0 Å². The molecule has 1 atom stereocenters. The molecule has 22 heavy (non-hydrogen) atoms. The molecule has 0 aliphatic heterocycles. The minimum Gasteiger partial charge on any atom is -0.346 e. The first-order chi connectivity index (χ1) is 10.5. The molecule has 2 aromatic rings. The number of nitrogens with one attached hydrogen (secondary N) is 1. The topological polar surface area (TPSA) is 60.0 Å². The summed E-state index contributed by atoms with van der Waals surface area (Å²) < 4.78 is 15.0. The Morgan fingerprint density at radius 1 is 1.50 bits per heavy atom. The fourth-order valence-electron chi connectivity index (χ4n) is 3.00. The van der Waals surface area contributed by atoms with Crippen LogP contribution in [0.3, 0.4) is 0 Å². The Morgan fingerprint density at radius 3 is 3.00 bits per heavy atom. The van der Waals surface area contributed by atoms with Gasteiger partial charge in [-0.15, -0.1) is 0 Å². The number of hydrogen-bond donors (Lipinski definition) is 2. The van der Waals surface area contributed by atoms with Gasteiger partial charge in [0.2, 0.25) is 0 Å². The maximum Gasteiger partial charge on any atom is 0.272 e. The van der Waals surface area contributed by atoms with Crippen LogP contribution in [0, 0.1) is 5.82 Å². The van der Waals surface area contributed by atoms with Crippen molar-refractivity contribution in [2.75, 3.05) is 5.32 Å². The number of nitrogens with zero attached hydrogens (tertiary/aromatic N) is 1. The zero-order valence-electron chi connectivity index (χ0n) is 12.2. The lowest BCUT2D eigenvalue weighted by Gasteiger charge is -2.19. The highest BCUT2D eigenvalue weighted by Gasteiger charge is 2.26. The van der Waals surface area contributed by atoms with E-state index in [1.807, 2.05) is 13.2 Å². The van der Waals surface area contributed by atoms with E-state index in [0.717, 1.165) is 30.4 Å². The van der Waals surface area contributed by atoms with Crippen LogP contribution in [0.5, 0.6) is 0 Å². The number of fused-ring (bicyclic) bond motifs is 1. The number of aromatic nitrogens is 1. The molecule has 0 radical (unpaired) electrons. The summed E-state index contributed by atoms with van der Waals surface area (Å²) in [7, 11) is 1.83. The average molecular weight is 322 g/mol. The third-order valence-corrected chi connectivity index (χ3v) is 4.34. The third-order valence-electron chi connectivity index (χ3n) is 4.05.